The van der Waals surface area contributed by atoms with E-state index in [2.05, 4.69) is 9.98 Å². The molecule has 68 valence electrons. The van der Waals surface area contributed by atoms with Gasteiger partial charge in [0.05, 0.1) is 0 Å². The molecule has 0 aromatic rings. The Balaban J connectivity index is 3.99. The largest absolute Gasteiger partial charge is 0.411 e. The lowest BCUT2D eigenvalue weighted by molar-refractivity contribution is -0.0799. The lowest BCUT2D eigenvalue weighted by Crippen LogP contribution is -2.00. The van der Waals surface area contributed by atoms with E-state index in [1.54, 1.807) is 6.92 Å². The molecular weight excluding hydrogens is 169 g/mol. The quantitative estimate of drug-likeness (QED) is 0.579. The molecular formula is C7H9F3N2. The summed E-state index contributed by atoms with van der Waals surface area (Å²) in [6.45, 7) is 1.64. The maximum Gasteiger partial charge on any atom is 0.411 e. The lowest BCUT2D eigenvalue weighted by atomic mass is 10.5. The van der Waals surface area contributed by atoms with Crippen molar-refractivity contribution < 1.29 is 13.2 Å². The summed E-state index contributed by atoms with van der Waals surface area (Å²) in [6, 6.07) is 0. The van der Waals surface area contributed by atoms with Gasteiger partial charge in [-0.15, -0.1) is 0 Å². The molecule has 0 fully saturated rings. The highest BCUT2D eigenvalue weighted by atomic mass is 19.4. The maximum atomic E-state index is 11.5. The molecule has 0 heterocycles. The normalized spacial score (nSPS) is 14.9. The van der Waals surface area contributed by atoms with Crippen LogP contribution in [-0.4, -0.2) is 25.2 Å². The zero-order chi connectivity index (χ0) is 9.61. The second kappa shape index (κ2) is 4.69. The molecule has 0 aromatic heterocycles. The first-order valence-electron chi connectivity index (χ1n) is 3.16. The fourth-order valence-electron chi connectivity index (χ4n) is 0.336. The van der Waals surface area contributed by atoms with Gasteiger partial charge in [-0.3, -0.25) is 9.98 Å². The number of hydrogen-bond acceptors (Lipinski definition) is 2. The van der Waals surface area contributed by atoms with E-state index < -0.39 is 6.18 Å². The summed E-state index contributed by atoms with van der Waals surface area (Å²) >= 11 is 0. The predicted molar refractivity (Wildman–Crippen MR) is 42.7 cm³/mol. The van der Waals surface area contributed by atoms with Crippen LogP contribution in [0.3, 0.4) is 0 Å². The van der Waals surface area contributed by atoms with E-state index in [0.29, 0.717) is 11.9 Å². The zero-order valence-electron chi connectivity index (χ0n) is 6.76. The number of aliphatic imine (C=N–C) groups is 2. The Morgan fingerprint density at radius 2 is 1.92 bits per heavy atom. The molecule has 0 atom stereocenters. The Morgan fingerprint density at radius 3 is 2.33 bits per heavy atom. The maximum absolute atomic E-state index is 11.5. The van der Waals surface area contributed by atoms with Crippen LogP contribution in [0.25, 0.3) is 0 Å². The predicted octanol–water partition coefficient (Wildman–Crippen LogP) is 2.22. The first kappa shape index (κ1) is 10.9. The van der Waals surface area contributed by atoms with E-state index in [9.17, 15) is 13.2 Å². The van der Waals surface area contributed by atoms with Crippen LogP contribution in [-0.2, 0) is 0 Å². The van der Waals surface area contributed by atoms with Crippen LogP contribution in [0.1, 0.15) is 6.92 Å². The molecule has 5 heteroatoms. The minimum atomic E-state index is -4.30. The van der Waals surface area contributed by atoms with Crippen LogP contribution >= 0.6 is 0 Å². The van der Waals surface area contributed by atoms with Gasteiger partial charge in [0, 0.05) is 31.2 Å². The average Bonchev–Trinajstić information content (AvgIpc) is 1.96. The number of nitrogens with zero attached hydrogens (tertiary/aromatic N) is 2. The van der Waals surface area contributed by atoms with E-state index in [4.69, 9.17) is 0 Å². The van der Waals surface area contributed by atoms with Gasteiger partial charge in [0.15, 0.2) is 0 Å². The number of rotatable bonds is 2. The minimum absolute atomic E-state index is 0.0619. The number of alkyl halides is 3. The average molecular weight is 178 g/mol. The molecule has 0 spiro atoms. The Morgan fingerprint density at radius 1 is 1.33 bits per heavy atom. The molecule has 0 amide bonds. The Hall–Kier alpha value is -1.13. The molecule has 0 rings (SSSR count). The monoisotopic (exact) mass is 178 g/mol. The van der Waals surface area contributed by atoms with Gasteiger partial charge in [-0.2, -0.15) is 13.2 Å². The van der Waals surface area contributed by atoms with Crippen molar-refractivity contribution in [3.63, 3.8) is 0 Å². The Labute approximate surface area is 68.5 Å². The summed E-state index contributed by atoms with van der Waals surface area (Å²) < 4.78 is 34.4. The van der Waals surface area contributed by atoms with E-state index >= 15 is 0 Å². The van der Waals surface area contributed by atoms with Crippen molar-refractivity contribution >= 4 is 11.9 Å². The molecule has 0 aromatic carbocycles. The molecule has 0 N–H and O–H groups in total. The first-order valence-corrected chi connectivity index (χ1v) is 3.16. The van der Waals surface area contributed by atoms with Crippen molar-refractivity contribution in [3.05, 3.63) is 12.3 Å². The second-order valence-corrected chi connectivity index (χ2v) is 2.00. The lowest BCUT2D eigenvalue weighted by Gasteiger charge is -1.94. The molecule has 0 saturated carbocycles. The molecule has 0 aliphatic heterocycles. The van der Waals surface area contributed by atoms with Crippen LogP contribution in [0.4, 0.5) is 13.2 Å². The van der Waals surface area contributed by atoms with E-state index in [0.717, 1.165) is 0 Å². The summed E-state index contributed by atoms with van der Waals surface area (Å²) in [5, 5.41) is 0. The summed E-state index contributed by atoms with van der Waals surface area (Å²) in [5.41, 5.74) is 0.571. The summed E-state index contributed by atoms with van der Waals surface area (Å²) in [6.07, 6.45) is -2.29. The molecule has 0 unspecified atom stereocenters. The van der Waals surface area contributed by atoms with Crippen molar-refractivity contribution in [1.29, 1.82) is 0 Å². The Bertz CT molecular complexity index is 213. The van der Waals surface area contributed by atoms with Gasteiger partial charge >= 0.3 is 6.18 Å². The summed E-state index contributed by atoms with van der Waals surface area (Å²) in [4.78, 5) is 7.05. The van der Waals surface area contributed by atoms with Crippen LogP contribution in [0.5, 0.6) is 0 Å². The first-order chi connectivity index (χ1) is 5.45. The number of halogens is 3. The standard InChI is InChI=1S/C7H9F3N2/c1-6(11-2)5-12-4-3-7(8,9)10/h3-5H,1-2H3/b4-3+,11-6?,12-5?. The third-order valence-electron chi connectivity index (χ3n) is 0.964. The fraction of sp³-hybridized carbons (Fsp3) is 0.429. The van der Waals surface area contributed by atoms with Gasteiger partial charge in [0.2, 0.25) is 0 Å². The molecule has 0 aliphatic carbocycles. The molecule has 0 aliphatic rings. The zero-order valence-corrected chi connectivity index (χ0v) is 6.76. The van der Waals surface area contributed by atoms with Crippen LogP contribution in [0.15, 0.2) is 22.3 Å². The highest BCUT2D eigenvalue weighted by Crippen LogP contribution is 2.15. The molecule has 0 radical (unpaired) electrons. The van der Waals surface area contributed by atoms with E-state index in [-0.39, 0.29) is 6.08 Å². The fourth-order valence-corrected chi connectivity index (χ4v) is 0.336. The van der Waals surface area contributed by atoms with E-state index in [1.807, 2.05) is 0 Å². The van der Waals surface area contributed by atoms with Gasteiger partial charge in [-0.1, -0.05) is 0 Å². The van der Waals surface area contributed by atoms with Crippen molar-refractivity contribution in [2.24, 2.45) is 9.98 Å². The van der Waals surface area contributed by atoms with Crippen molar-refractivity contribution in [2.45, 2.75) is 13.1 Å². The highest BCUT2D eigenvalue weighted by Gasteiger charge is 2.21. The molecule has 12 heavy (non-hydrogen) atoms. The van der Waals surface area contributed by atoms with Gasteiger partial charge in [-0.05, 0) is 6.92 Å². The number of allylic oxidation sites excluding steroid dienone is 1. The molecule has 0 bridgehead atoms. The van der Waals surface area contributed by atoms with Gasteiger partial charge in [0.1, 0.15) is 0 Å². The molecule has 0 saturated heterocycles. The third-order valence-corrected chi connectivity index (χ3v) is 0.964. The smallest absolute Gasteiger partial charge is 0.292 e. The van der Waals surface area contributed by atoms with Crippen molar-refractivity contribution in [3.8, 4) is 0 Å². The topological polar surface area (TPSA) is 24.7 Å². The van der Waals surface area contributed by atoms with E-state index in [1.165, 1.54) is 13.3 Å². The summed E-state index contributed by atoms with van der Waals surface area (Å²) in [7, 11) is 1.54. The SMILES string of the molecule is CN=C(C)C=N/C=C/C(F)(F)F. The summed E-state index contributed by atoms with van der Waals surface area (Å²) in [5.74, 6) is 0. The number of hydrogen-bond donors (Lipinski definition) is 0. The van der Waals surface area contributed by atoms with Crippen LogP contribution in [0, 0.1) is 0 Å². The van der Waals surface area contributed by atoms with Crippen LogP contribution < -0.4 is 0 Å². The van der Waals surface area contributed by atoms with Crippen molar-refractivity contribution in [2.75, 3.05) is 7.05 Å². The molecule has 2 nitrogen and oxygen atoms in total. The highest BCUT2D eigenvalue weighted by molar-refractivity contribution is 6.29. The minimum Gasteiger partial charge on any atom is -0.292 e. The third kappa shape index (κ3) is 6.98. The second-order valence-electron chi connectivity index (χ2n) is 2.00. The van der Waals surface area contributed by atoms with Crippen LogP contribution in [0.2, 0.25) is 0 Å². The van der Waals surface area contributed by atoms with Crippen molar-refractivity contribution in [1.82, 2.24) is 0 Å². The van der Waals surface area contributed by atoms with Gasteiger partial charge < -0.3 is 0 Å². The Kier molecular flexibility index (Phi) is 4.25. The van der Waals surface area contributed by atoms with Gasteiger partial charge in [-0.25, -0.2) is 0 Å². The van der Waals surface area contributed by atoms with Gasteiger partial charge in [0.25, 0.3) is 0 Å².